The van der Waals surface area contributed by atoms with E-state index in [1.165, 1.54) is 0 Å². The molecular weight excluding hydrogens is 264 g/mol. The average Bonchev–Trinajstić information content (AvgIpc) is 2.52. The monoisotopic (exact) mass is 282 g/mol. The Hall–Kier alpha value is -2.45. The van der Waals surface area contributed by atoms with Gasteiger partial charge >= 0.3 is 0 Å². The Morgan fingerprint density at radius 3 is 2.81 bits per heavy atom. The molecule has 2 heterocycles. The lowest BCUT2D eigenvalue weighted by Crippen LogP contribution is -2.22. The van der Waals surface area contributed by atoms with E-state index >= 15 is 0 Å². The summed E-state index contributed by atoms with van der Waals surface area (Å²) in [5, 5.41) is 12.3. The summed E-state index contributed by atoms with van der Waals surface area (Å²) in [6.45, 7) is 5.23. The minimum absolute atomic E-state index is 0.308. The predicted molar refractivity (Wildman–Crippen MR) is 79.5 cm³/mol. The van der Waals surface area contributed by atoms with Crippen molar-refractivity contribution >= 4 is 0 Å². The van der Waals surface area contributed by atoms with Gasteiger partial charge in [-0.3, -0.25) is 4.98 Å². The Labute approximate surface area is 124 Å². The fraction of sp³-hybridized carbons (Fsp3) is 0.312. The van der Waals surface area contributed by atoms with Crippen molar-refractivity contribution in [3.05, 3.63) is 53.6 Å². The predicted octanol–water partition coefficient (Wildman–Crippen LogP) is 2.43. The molecule has 21 heavy (non-hydrogen) atoms. The van der Waals surface area contributed by atoms with Gasteiger partial charge in [0.2, 0.25) is 0 Å². The van der Waals surface area contributed by atoms with Crippen molar-refractivity contribution in [1.29, 1.82) is 5.26 Å². The molecule has 0 aliphatic heterocycles. The SMILES string of the molecule is CC(C)NCc1ccc(OCc2cccnc2C#N)cn1. The lowest BCUT2D eigenvalue weighted by molar-refractivity contribution is 0.304. The highest BCUT2D eigenvalue weighted by Crippen LogP contribution is 2.13. The second-order valence-electron chi connectivity index (χ2n) is 4.93. The number of aromatic nitrogens is 2. The quantitative estimate of drug-likeness (QED) is 0.881. The van der Waals surface area contributed by atoms with Crippen LogP contribution in [-0.4, -0.2) is 16.0 Å². The fourth-order valence-electron chi connectivity index (χ4n) is 1.73. The first-order valence-electron chi connectivity index (χ1n) is 6.84. The molecule has 0 fully saturated rings. The maximum absolute atomic E-state index is 8.97. The number of hydrogen-bond acceptors (Lipinski definition) is 5. The lowest BCUT2D eigenvalue weighted by atomic mass is 10.2. The third kappa shape index (κ3) is 4.55. The van der Waals surface area contributed by atoms with Gasteiger partial charge < -0.3 is 10.1 Å². The third-order valence-corrected chi connectivity index (χ3v) is 2.88. The zero-order valence-corrected chi connectivity index (χ0v) is 12.2. The van der Waals surface area contributed by atoms with Crippen LogP contribution in [0.2, 0.25) is 0 Å². The van der Waals surface area contributed by atoms with Crippen molar-refractivity contribution in [3.8, 4) is 11.8 Å². The maximum Gasteiger partial charge on any atom is 0.147 e. The molecule has 0 amide bonds. The zero-order valence-electron chi connectivity index (χ0n) is 12.2. The molecule has 5 heteroatoms. The lowest BCUT2D eigenvalue weighted by Gasteiger charge is -2.09. The summed E-state index contributed by atoms with van der Waals surface area (Å²) in [6, 6.07) is 9.92. The Morgan fingerprint density at radius 1 is 1.29 bits per heavy atom. The van der Waals surface area contributed by atoms with Gasteiger partial charge in [0, 0.05) is 24.3 Å². The number of nitrogens with one attached hydrogen (secondary N) is 1. The second-order valence-corrected chi connectivity index (χ2v) is 4.93. The van der Waals surface area contributed by atoms with Gasteiger partial charge in [-0.25, -0.2) is 4.98 Å². The Bertz CT molecular complexity index is 617. The molecule has 5 nitrogen and oxygen atoms in total. The summed E-state index contributed by atoms with van der Waals surface area (Å²) in [7, 11) is 0. The normalized spacial score (nSPS) is 10.4. The molecule has 0 aliphatic carbocycles. The molecule has 0 saturated heterocycles. The Balaban J connectivity index is 1.93. The van der Waals surface area contributed by atoms with E-state index in [4.69, 9.17) is 10.00 Å². The van der Waals surface area contributed by atoms with Crippen LogP contribution in [0.1, 0.15) is 30.8 Å². The van der Waals surface area contributed by atoms with Gasteiger partial charge in [0.15, 0.2) is 0 Å². The van der Waals surface area contributed by atoms with Gasteiger partial charge in [0.1, 0.15) is 24.1 Å². The first-order chi connectivity index (χ1) is 10.2. The molecule has 108 valence electrons. The van der Waals surface area contributed by atoms with Crippen LogP contribution in [-0.2, 0) is 13.2 Å². The van der Waals surface area contributed by atoms with E-state index in [1.54, 1.807) is 18.5 Å². The number of pyridine rings is 2. The second kappa shape index (κ2) is 7.36. The van der Waals surface area contributed by atoms with Gasteiger partial charge in [0.05, 0.1) is 11.9 Å². The smallest absolute Gasteiger partial charge is 0.147 e. The highest BCUT2D eigenvalue weighted by Gasteiger charge is 2.04. The average molecular weight is 282 g/mol. The Morgan fingerprint density at radius 2 is 2.14 bits per heavy atom. The van der Waals surface area contributed by atoms with Crippen molar-refractivity contribution in [2.75, 3.05) is 0 Å². The minimum atomic E-state index is 0.308. The topological polar surface area (TPSA) is 70.8 Å². The molecule has 0 spiro atoms. The number of nitrogens with zero attached hydrogens (tertiary/aromatic N) is 3. The van der Waals surface area contributed by atoms with Crippen LogP contribution in [0, 0.1) is 11.3 Å². The van der Waals surface area contributed by atoms with Crippen molar-refractivity contribution in [3.63, 3.8) is 0 Å². The molecule has 1 N–H and O–H groups in total. The molecule has 0 aliphatic rings. The molecule has 0 saturated carbocycles. The first kappa shape index (κ1) is 14.9. The molecule has 2 rings (SSSR count). The first-order valence-corrected chi connectivity index (χ1v) is 6.84. The summed E-state index contributed by atoms with van der Waals surface area (Å²) in [5.41, 5.74) is 2.13. The molecule has 2 aromatic heterocycles. The van der Waals surface area contributed by atoms with Gasteiger partial charge in [-0.1, -0.05) is 19.9 Å². The van der Waals surface area contributed by atoms with Crippen molar-refractivity contribution in [2.24, 2.45) is 0 Å². The van der Waals surface area contributed by atoms with Crippen LogP contribution in [0.25, 0.3) is 0 Å². The van der Waals surface area contributed by atoms with Crippen LogP contribution in [0.15, 0.2) is 36.7 Å². The largest absolute Gasteiger partial charge is 0.487 e. The highest BCUT2D eigenvalue weighted by molar-refractivity contribution is 5.30. The van der Waals surface area contributed by atoms with Crippen LogP contribution < -0.4 is 10.1 Å². The fourth-order valence-corrected chi connectivity index (χ4v) is 1.73. The molecule has 2 aromatic rings. The third-order valence-electron chi connectivity index (χ3n) is 2.88. The van der Waals surface area contributed by atoms with Crippen LogP contribution in [0.4, 0.5) is 0 Å². The van der Waals surface area contributed by atoms with Crippen molar-refractivity contribution in [2.45, 2.75) is 33.0 Å². The molecule has 0 bridgehead atoms. The molecule has 0 unspecified atom stereocenters. The summed E-state index contributed by atoms with van der Waals surface area (Å²) in [6.07, 6.45) is 3.29. The molecular formula is C16H18N4O. The summed E-state index contributed by atoms with van der Waals surface area (Å²) in [5.74, 6) is 0.677. The van der Waals surface area contributed by atoms with E-state index in [-0.39, 0.29) is 0 Å². The summed E-state index contributed by atoms with van der Waals surface area (Å²) >= 11 is 0. The van der Waals surface area contributed by atoms with E-state index in [1.807, 2.05) is 18.2 Å². The van der Waals surface area contributed by atoms with E-state index in [0.29, 0.717) is 24.1 Å². The van der Waals surface area contributed by atoms with Crippen LogP contribution in [0.5, 0.6) is 5.75 Å². The van der Waals surface area contributed by atoms with E-state index in [9.17, 15) is 0 Å². The van der Waals surface area contributed by atoms with Crippen molar-refractivity contribution in [1.82, 2.24) is 15.3 Å². The van der Waals surface area contributed by atoms with E-state index in [2.05, 4.69) is 35.2 Å². The van der Waals surface area contributed by atoms with Gasteiger partial charge in [0.25, 0.3) is 0 Å². The van der Waals surface area contributed by atoms with Gasteiger partial charge in [-0.15, -0.1) is 0 Å². The minimum Gasteiger partial charge on any atom is -0.487 e. The van der Waals surface area contributed by atoms with E-state index < -0.39 is 0 Å². The van der Waals surface area contributed by atoms with Crippen molar-refractivity contribution < 1.29 is 4.74 Å². The number of hydrogen-bond donors (Lipinski definition) is 1. The zero-order chi connectivity index (χ0) is 15.1. The maximum atomic E-state index is 8.97. The standard InChI is InChI=1S/C16H18N4O/c1-12(2)19-9-14-5-6-15(10-20-14)21-11-13-4-3-7-18-16(13)8-17/h3-7,10,12,19H,9,11H2,1-2H3. The van der Waals surface area contributed by atoms with Gasteiger partial charge in [-0.05, 0) is 18.2 Å². The van der Waals surface area contributed by atoms with Crippen LogP contribution >= 0.6 is 0 Å². The Kier molecular flexibility index (Phi) is 5.24. The summed E-state index contributed by atoms with van der Waals surface area (Å²) < 4.78 is 5.64. The van der Waals surface area contributed by atoms with Crippen LogP contribution in [0.3, 0.4) is 0 Å². The number of ether oxygens (including phenoxy) is 1. The molecule has 0 aromatic carbocycles. The number of rotatable bonds is 6. The molecule has 0 radical (unpaired) electrons. The summed E-state index contributed by atoms with van der Waals surface area (Å²) in [4.78, 5) is 8.34. The number of nitriles is 1. The highest BCUT2D eigenvalue weighted by atomic mass is 16.5. The van der Waals surface area contributed by atoms with E-state index in [0.717, 1.165) is 17.8 Å². The van der Waals surface area contributed by atoms with Gasteiger partial charge in [-0.2, -0.15) is 5.26 Å². The molecule has 0 atom stereocenters.